The Morgan fingerprint density at radius 3 is 2.70 bits per heavy atom. The van der Waals surface area contributed by atoms with E-state index in [9.17, 15) is 4.79 Å². The Bertz CT molecular complexity index is 443. The summed E-state index contributed by atoms with van der Waals surface area (Å²) >= 11 is 1.27. The summed E-state index contributed by atoms with van der Waals surface area (Å²) in [5, 5.41) is 8.01. The number of amides is 1. The van der Waals surface area contributed by atoms with Gasteiger partial charge in [-0.15, -0.1) is 10.2 Å². The molecule has 1 aliphatic rings. The van der Waals surface area contributed by atoms with Gasteiger partial charge in [0.25, 0.3) is 5.22 Å². The van der Waals surface area contributed by atoms with Crippen molar-refractivity contribution < 1.29 is 9.21 Å². The van der Waals surface area contributed by atoms with E-state index in [-0.39, 0.29) is 12.5 Å². The molecular weight excluding hydrogens is 276 g/mol. The molecule has 1 aromatic rings. The maximum Gasteiger partial charge on any atom is 0.277 e. The Morgan fingerprint density at radius 2 is 2.10 bits per heavy atom. The predicted octanol–water partition coefficient (Wildman–Crippen LogP) is 1.66. The van der Waals surface area contributed by atoms with Crippen molar-refractivity contribution in [3.63, 3.8) is 0 Å². The number of hydrogen-bond acceptors (Lipinski definition) is 6. The molecule has 0 bridgehead atoms. The van der Waals surface area contributed by atoms with Gasteiger partial charge in [-0.05, 0) is 31.6 Å². The standard InChI is InChI=1S/C13H22N4O2S/c1-9-3-5-10(6-4-9)17(2)12(18)8-20-13-16-15-11(7-14)19-13/h9-10H,3-8,14H2,1-2H3. The van der Waals surface area contributed by atoms with Crippen LogP contribution >= 0.6 is 11.8 Å². The van der Waals surface area contributed by atoms with Gasteiger partial charge in [-0.2, -0.15) is 0 Å². The number of rotatable bonds is 5. The first kappa shape index (κ1) is 15.3. The van der Waals surface area contributed by atoms with Crippen LogP contribution in [-0.4, -0.2) is 39.8 Å². The van der Waals surface area contributed by atoms with Gasteiger partial charge >= 0.3 is 0 Å². The van der Waals surface area contributed by atoms with Crippen LogP contribution in [0.25, 0.3) is 0 Å². The average Bonchev–Trinajstić information content (AvgIpc) is 2.93. The molecule has 0 atom stereocenters. The fraction of sp³-hybridized carbons (Fsp3) is 0.769. The second-order valence-corrected chi connectivity index (χ2v) is 6.30. The molecule has 1 amide bonds. The third-order valence-corrected chi connectivity index (χ3v) is 4.67. The van der Waals surface area contributed by atoms with Crippen molar-refractivity contribution in [2.24, 2.45) is 11.7 Å². The van der Waals surface area contributed by atoms with Crippen molar-refractivity contribution in [3.05, 3.63) is 5.89 Å². The number of nitrogens with two attached hydrogens (primary N) is 1. The van der Waals surface area contributed by atoms with Gasteiger partial charge in [0.05, 0.1) is 12.3 Å². The molecule has 1 aromatic heterocycles. The van der Waals surface area contributed by atoms with Crippen molar-refractivity contribution in [3.8, 4) is 0 Å². The smallest absolute Gasteiger partial charge is 0.277 e. The molecule has 1 heterocycles. The van der Waals surface area contributed by atoms with E-state index in [1.54, 1.807) is 0 Å². The highest BCUT2D eigenvalue weighted by Gasteiger charge is 2.25. The molecular formula is C13H22N4O2S. The first-order valence-electron chi connectivity index (χ1n) is 7.01. The third-order valence-electron chi connectivity index (χ3n) is 3.87. The summed E-state index contributed by atoms with van der Waals surface area (Å²) in [4.78, 5) is 14.0. The summed E-state index contributed by atoms with van der Waals surface area (Å²) in [7, 11) is 1.89. The van der Waals surface area contributed by atoms with Crippen molar-refractivity contribution in [1.29, 1.82) is 0 Å². The van der Waals surface area contributed by atoms with Crippen LogP contribution in [0, 0.1) is 5.92 Å². The summed E-state index contributed by atoms with van der Waals surface area (Å²) in [6.45, 7) is 2.50. The lowest BCUT2D eigenvalue weighted by Gasteiger charge is -2.33. The van der Waals surface area contributed by atoms with Gasteiger partial charge in [0.1, 0.15) is 0 Å². The van der Waals surface area contributed by atoms with E-state index in [0.717, 1.165) is 18.8 Å². The maximum atomic E-state index is 12.2. The normalized spacial score (nSPS) is 22.8. The van der Waals surface area contributed by atoms with Crippen LogP contribution in [0.5, 0.6) is 0 Å². The quantitative estimate of drug-likeness (QED) is 0.832. The van der Waals surface area contributed by atoms with Crippen LogP contribution < -0.4 is 5.73 Å². The van der Waals surface area contributed by atoms with E-state index in [4.69, 9.17) is 10.2 Å². The minimum absolute atomic E-state index is 0.113. The summed E-state index contributed by atoms with van der Waals surface area (Å²) < 4.78 is 5.27. The van der Waals surface area contributed by atoms with E-state index in [1.165, 1.54) is 24.6 Å². The monoisotopic (exact) mass is 298 g/mol. The SMILES string of the molecule is CC1CCC(N(C)C(=O)CSc2nnc(CN)o2)CC1. The molecule has 0 aromatic carbocycles. The van der Waals surface area contributed by atoms with E-state index >= 15 is 0 Å². The number of aromatic nitrogens is 2. The molecule has 0 aliphatic heterocycles. The van der Waals surface area contributed by atoms with Gasteiger partial charge in [0.15, 0.2) is 0 Å². The topological polar surface area (TPSA) is 85.2 Å². The molecule has 0 saturated heterocycles. The van der Waals surface area contributed by atoms with Crippen LogP contribution in [0.1, 0.15) is 38.5 Å². The summed E-state index contributed by atoms with van der Waals surface area (Å²) in [5.41, 5.74) is 5.40. The van der Waals surface area contributed by atoms with E-state index in [1.807, 2.05) is 11.9 Å². The number of nitrogens with zero attached hydrogens (tertiary/aromatic N) is 3. The Kier molecular flexibility index (Phi) is 5.42. The molecule has 20 heavy (non-hydrogen) atoms. The van der Waals surface area contributed by atoms with Crippen molar-refractivity contribution in [2.45, 2.75) is 50.4 Å². The zero-order valence-electron chi connectivity index (χ0n) is 12.0. The minimum Gasteiger partial charge on any atom is -0.415 e. The largest absolute Gasteiger partial charge is 0.415 e. The highest BCUT2D eigenvalue weighted by Crippen LogP contribution is 2.27. The first-order valence-corrected chi connectivity index (χ1v) is 7.99. The van der Waals surface area contributed by atoms with Gasteiger partial charge in [0.2, 0.25) is 11.8 Å². The van der Waals surface area contributed by atoms with E-state index < -0.39 is 0 Å². The van der Waals surface area contributed by atoms with Gasteiger partial charge in [-0.3, -0.25) is 4.79 Å². The number of thioether (sulfide) groups is 1. The molecule has 0 spiro atoms. The van der Waals surface area contributed by atoms with Gasteiger partial charge in [0, 0.05) is 13.1 Å². The summed E-state index contributed by atoms with van der Waals surface area (Å²) in [6, 6.07) is 0.376. The predicted molar refractivity (Wildman–Crippen MR) is 77.1 cm³/mol. The zero-order valence-corrected chi connectivity index (χ0v) is 12.9. The highest BCUT2D eigenvalue weighted by atomic mass is 32.2. The van der Waals surface area contributed by atoms with Crippen LogP contribution in [-0.2, 0) is 11.3 Å². The second-order valence-electron chi connectivity index (χ2n) is 5.37. The summed E-state index contributed by atoms with van der Waals surface area (Å²) in [5.74, 6) is 1.63. The molecule has 2 N–H and O–H groups in total. The lowest BCUT2D eigenvalue weighted by Crippen LogP contribution is -2.40. The number of carbonyl (C=O) groups excluding carboxylic acids is 1. The Morgan fingerprint density at radius 1 is 1.40 bits per heavy atom. The van der Waals surface area contributed by atoms with Crippen molar-refractivity contribution >= 4 is 17.7 Å². The molecule has 7 heteroatoms. The van der Waals surface area contributed by atoms with Crippen LogP contribution in [0.15, 0.2) is 9.64 Å². The van der Waals surface area contributed by atoms with Crippen LogP contribution in [0.4, 0.5) is 0 Å². The molecule has 6 nitrogen and oxygen atoms in total. The Balaban J connectivity index is 1.79. The molecule has 2 rings (SSSR count). The maximum absolute atomic E-state index is 12.2. The third kappa shape index (κ3) is 3.96. The number of hydrogen-bond donors (Lipinski definition) is 1. The Hall–Kier alpha value is -1.08. The lowest BCUT2D eigenvalue weighted by molar-refractivity contribution is -0.129. The second kappa shape index (κ2) is 7.08. The fourth-order valence-corrected chi connectivity index (χ4v) is 3.14. The molecule has 1 fully saturated rings. The number of carbonyl (C=O) groups is 1. The average molecular weight is 298 g/mol. The molecule has 1 aliphatic carbocycles. The summed E-state index contributed by atoms with van der Waals surface area (Å²) in [6.07, 6.45) is 4.62. The minimum atomic E-state index is 0.113. The van der Waals surface area contributed by atoms with Crippen molar-refractivity contribution in [1.82, 2.24) is 15.1 Å². The zero-order chi connectivity index (χ0) is 14.5. The van der Waals surface area contributed by atoms with E-state index in [0.29, 0.717) is 22.9 Å². The van der Waals surface area contributed by atoms with Gasteiger partial charge in [-0.1, -0.05) is 18.7 Å². The molecule has 112 valence electrons. The molecule has 0 unspecified atom stereocenters. The van der Waals surface area contributed by atoms with Gasteiger partial charge in [-0.25, -0.2) is 0 Å². The molecule has 1 saturated carbocycles. The fourth-order valence-electron chi connectivity index (χ4n) is 2.44. The lowest BCUT2D eigenvalue weighted by atomic mass is 9.87. The van der Waals surface area contributed by atoms with Crippen LogP contribution in [0.3, 0.4) is 0 Å². The van der Waals surface area contributed by atoms with Crippen molar-refractivity contribution in [2.75, 3.05) is 12.8 Å². The first-order chi connectivity index (χ1) is 9.60. The molecule has 0 radical (unpaired) electrons. The Labute approximate surface area is 123 Å². The van der Waals surface area contributed by atoms with E-state index in [2.05, 4.69) is 17.1 Å². The van der Waals surface area contributed by atoms with Crippen LogP contribution in [0.2, 0.25) is 0 Å². The van der Waals surface area contributed by atoms with Gasteiger partial charge < -0.3 is 15.1 Å². The highest BCUT2D eigenvalue weighted by molar-refractivity contribution is 7.99.